The molecule has 1 aliphatic carbocycles. The van der Waals surface area contributed by atoms with Crippen molar-refractivity contribution < 1.29 is 9.90 Å². The van der Waals surface area contributed by atoms with Crippen molar-refractivity contribution in [3.05, 3.63) is 53.0 Å². The highest BCUT2D eigenvalue weighted by atomic mass is 16.4. The summed E-state index contributed by atoms with van der Waals surface area (Å²) >= 11 is 0. The molecule has 0 amide bonds. The Kier molecular flexibility index (Phi) is 2.71. The number of aromatic carboxylic acids is 1. The van der Waals surface area contributed by atoms with Crippen molar-refractivity contribution in [3.8, 4) is 0 Å². The Morgan fingerprint density at radius 2 is 1.90 bits per heavy atom. The number of anilines is 1. The van der Waals surface area contributed by atoms with E-state index in [4.69, 9.17) is 10.8 Å². The van der Waals surface area contributed by atoms with E-state index < -0.39 is 5.97 Å². The van der Waals surface area contributed by atoms with Crippen molar-refractivity contribution in [1.82, 2.24) is 9.97 Å². The third kappa shape index (κ3) is 1.82. The third-order valence-electron chi connectivity index (χ3n) is 3.84. The number of nitrogen functional groups attached to an aromatic ring is 1. The van der Waals surface area contributed by atoms with Gasteiger partial charge in [0.25, 0.3) is 0 Å². The monoisotopic (exact) mass is 269 g/mol. The number of carbonyl (C=O) groups is 1. The van der Waals surface area contributed by atoms with Gasteiger partial charge in [0.15, 0.2) is 0 Å². The third-order valence-corrected chi connectivity index (χ3v) is 3.84. The van der Waals surface area contributed by atoms with Crippen LogP contribution in [0.15, 0.2) is 30.3 Å². The second-order valence-corrected chi connectivity index (χ2v) is 5.15. The molecule has 0 saturated heterocycles. The molecule has 0 aliphatic heterocycles. The van der Waals surface area contributed by atoms with Crippen molar-refractivity contribution in [2.45, 2.75) is 25.2 Å². The predicted molar refractivity (Wildman–Crippen MR) is 74.6 cm³/mol. The number of carboxylic acids is 1. The highest BCUT2D eigenvalue weighted by molar-refractivity contribution is 5.93. The quantitative estimate of drug-likeness (QED) is 0.891. The fraction of sp³-hybridized carbons (Fsp3) is 0.267. The van der Waals surface area contributed by atoms with Crippen LogP contribution >= 0.6 is 0 Å². The number of nitrogens with two attached hydrogens (primary N) is 1. The first kappa shape index (κ1) is 12.6. The molecule has 1 aromatic carbocycles. The van der Waals surface area contributed by atoms with E-state index in [1.54, 1.807) is 6.92 Å². The van der Waals surface area contributed by atoms with Crippen molar-refractivity contribution in [2.24, 2.45) is 0 Å². The molecular weight excluding hydrogens is 254 g/mol. The standard InChI is InChI=1S/C15H15N3O2/c1-9-11(13(19)20)12(16)18-14(17-9)15(7-8-15)10-5-3-2-4-6-10/h2-6H,7-8H2,1H3,(H,19,20)(H2,16,17,18). The molecule has 0 bridgehead atoms. The largest absolute Gasteiger partial charge is 0.477 e. The second-order valence-electron chi connectivity index (χ2n) is 5.15. The van der Waals surface area contributed by atoms with Gasteiger partial charge in [-0.3, -0.25) is 0 Å². The van der Waals surface area contributed by atoms with Gasteiger partial charge in [0.1, 0.15) is 17.2 Å². The molecule has 5 nitrogen and oxygen atoms in total. The van der Waals surface area contributed by atoms with E-state index >= 15 is 0 Å². The summed E-state index contributed by atoms with van der Waals surface area (Å²) in [5, 5.41) is 9.11. The van der Waals surface area contributed by atoms with Crippen LogP contribution < -0.4 is 5.73 Å². The summed E-state index contributed by atoms with van der Waals surface area (Å²) in [5.41, 5.74) is 7.17. The summed E-state index contributed by atoms with van der Waals surface area (Å²) in [6.45, 7) is 1.66. The van der Waals surface area contributed by atoms with Crippen LogP contribution in [-0.2, 0) is 5.41 Å². The SMILES string of the molecule is Cc1nc(C2(c3ccccc3)CC2)nc(N)c1C(=O)O. The van der Waals surface area contributed by atoms with E-state index in [0.29, 0.717) is 11.5 Å². The Bertz CT molecular complexity index is 656. The Morgan fingerprint density at radius 1 is 1.25 bits per heavy atom. The van der Waals surface area contributed by atoms with E-state index in [9.17, 15) is 4.79 Å². The lowest BCUT2D eigenvalue weighted by Gasteiger charge is -2.16. The molecule has 0 radical (unpaired) electrons. The summed E-state index contributed by atoms with van der Waals surface area (Å²) in [7, 11) is 0. The second kappa shape index (κ2) is 4.30. The maximum absolute atomic E-state index is 11.1. The van der Waals surface area contributed by atoms with Gasteiger partial charge in [-0.05, 0) is 25.3 Å². The average Bonchev–Trinajstić information content (AvgIpc) is 3.20. The molecule has 1 aromatic heterocycles. The van der Waals surface area contributed by atoms with Gasteiger partial charge in [0, 0.05) is 0 Å². The molecule has 3 N–H and O–H groups in total. The van der Waals surface area contributed by atoms with E-state index in [2.05, 4.69) is 9.97 Å². The number of hydrogen-bond donors (Lipinski definition) is 2. The maximum Gasteiger partial charge on any atom is 0.341 e. The number of hydrogen-bond acceptors (Lipinski definition) is 4. The van der Waals surface area contributed by atoms with Crippen LogP contribution in [0, 0.1) is 6.92 Å². The number of carboxylic acid groups (broad SMARTS) is 1. The molecule has 0 atom stereocenters. The van der Waals surface area contributed by atoms with Gasteiger partial charge in [-0.2, -0.15) is 0 Å². The summed E-state index contributed by atoms with van der Waals surface area (Å²) in [5.74, 6) is -0.415. The zero-order chi connectivity index (χ0) is 14.3. The van der Waals surface area contributed by atoms with Crippen LogP contribution in [0.25, 0.3) is 0 Å². The molecule has 102 valence electrons. The number of benzene rings is 1. The van der Waals surface area contributed by atoms with Crippen LogP contribution in [0.2, 0.25) is 0 Å². The molecule has 20 heavy (non-hydrogen) atoms. The molecule has 2 aromatic rings. The zero-order valence-corrected chi connectivity index (χ0v) is 11.1. The molecule has 5 heteroatoms. The lowest BCUT2D eigenvalue weighted by Crippen LogP contribution is -2.18. The molecule has 1 fully saturated rings. The van der Waals surface area contributed by atoms with Gasteiger partial charge < -0.3 is 10.8 Å². The lowest BCUT2D eigenvalue weighted by atomic mass is 9.95. The first-order chi connectivity index (χ1) is 9.54. The zero-order valence-electron chi connectivity index (χ0n) is 11.1. The molecule has 3 rings (SSSR count). The molecule has 1 heterocycles. The van der Waals surface area contributed by atoms with Gasteiger partial charge in [-0.25, -0.2) is 14.8 Å². The molecule has 1 aliphatic rings. The van der Waals surface area contributed by atoms with Gasteiger partial charge in [0.2, 0.25) is 0 Å². The molecule has 0 unspecified atom stereocenters. The minimum absolute atomic E-state index is 0.00221. The van der Waals surface area contributed by atoms with Gasteiger partial charge in [-0.1, -0.05) is 30.3 Å². The van der Waals surface area contributed by atoms with E-state index in [1.165, 1.54) is 0 Å². The Hall–Kier alpha value is -2.43. The molecular formula is C15H15N3O2. The Balaban J connectivity index is 2.10. The molecule has 0 spiro atoms. The normalized spacial score (nSPS) is 15.8. The van der Waals surface area contributed by atoms with Crippen LogP contribution in [-0.4, -0.2) is 21.0 Å². The van der Waals surface area contributed by atoms with Crippen molar-refractivity contribution >= 4 is 11.8 Å². The highest BCUT2D eigenvalue weighted by Crippen LogP contribution is 2.52. The first-order valence-corrected chi connectivity index (χ1v) is 6.48. The van der Waals surface area contributed by atoms with Gasteiger partial charge in [-0.15, -0.1) is 0 Å². The number of aryl methyl sites for hydroxylation is 1. The molecule has 1 saturated carbocycles. The number of rotatable bonds is 3. The van der Waals surface area contributed by atoms with Crippen LogP contribution in [0.3, 0.4) is 0 Å². The topological polar surface area (TPSA) is 89.1 Å². The van der Waals surface area contributed by atoms with Crippen LogP contribution in [0.1, 0.15) is 40.3 Å². The fourth-order valence-electron chi connectivity index (χ4n) is 2.60. The van der Waals surface area contributed by atoms with Crippen molar-refractivity contribution in [1.29, 1.82) is 0 Å². The minimum Gasteiger partial charge on any atom is -0.477 e. The van der Waals surface area contributed by atoms with Crippen molar-refractivity contribution in [3.63, 3.8) is 0 Å². The lowest BCUT2D eigenvalue weighted by molar-refractivity contribution is 0.0696. The highest BCUT2D eigenvalue weighted by Gasteiger charge is 2.49. The van der Waals surface area contributed by atoms with E-state index in [1.807, 2.05) is 30.3 Å². The predicted octanol–water partition coefficient (Wildman–Crippen LogP) is 2.15. The summed E-state index contributed by atoms with van der Waals surface area (Å²) < 4.78 is 0. The summed E-state index contributed by atoms with van der Waals surface area (Å²) in [6, 6.07) is 10.0. The van der Waals surface area contributed by atoms with E-state index in [-0.39, 0.29) is 16.8 Å². The summed E-state index contributed by atoms with van der Waals surface area (Å²) in [4.78, 5) is 19.8. The average molecular weight is 269 g/mol. The first-order valence-electron chi connectivity index (χ1n) is 6.48. The number of nitrogens with zero attached hydrogens (tertiary/aromatic N) is 2. The smallest absolute Gasteiger partial charge is 0.341 e. The van der Waals surface area contributed by atoms with E-state index in [0.717, 1.165) is 18.4 Å². The Labute approximate surface area is 116 Å². The fourth-order valence-corrected chi connectivity index (χ4v) is 2.60. The number of aromatic nitrogens is 2. The summed E-state index contributed by atoms with van der Waals surface area (Å²) in [6.07, 6.45) is 1.92. The Morgan fingerprint density at radius 3 is 2.40 bits per heavy atom. The van der Waals surface area contributed by atoms with Gasteiger partial charge >= 0.3 is 5.97 Å². The van der Waals surface area contributed by atoms with Crippen molar-refractivity contribution in [2.75, 3.05) is 5.73 Å². The maximum atomic E-state index is 11.1. The van der Waals surface area contributed by atoms with Crippen LogP contribution in [0.5, 0.6) is 0 Å². The van der Waals surface area contributed by atoms with Gasteiger partial charge in [0.05, 0.1) is 11.1 Å². The minimum atomic E-state index is -1.09. The van der Waals surface area contributed by atoms with Crippen LogP contribution in [0.4, 0.5) is 5.82 Å².